The van der Waals surface area contributed by atoms with Gasteiger partial charge in [-0.3, -0.25) is 10.2 Å². The number of benzene rings is 1. The Hall–Kier alpha value is -2.57. The van der Waals surface area contributed by atoms with Gasteiger partial charge >= 0.3 is 6.03 Å². The minimum absolute atomic E-state index is 0. The number of nitrogens with two attached hydrogens (primary N) is 1. The molecule has 2 amide bonds. The molecule has 0 atom stereocenters. The van der Waals surface area contributed by atoms with E-state index >= 15 is 0 Å². The van der Waals surface area contributed by atoms with Crippen LogP contribution >= 0.6 is 12.4 Å². The standard InChI is InChI=1S/C17H18N4O2.ClH/c1-11-5-3-7-14-15(11)12(2)16(13-6-4-8-19-9-13)20(14)10-21(23)17(18)22;/h3-9,23H,10H2,1-2H3,(H2,18,22);1H. The Morgan fingerprint density at radius 2 is 2.04 bits per heavy atom. The van der Waals surface area contributed by atoms with Crippen molar-refractivity contribution < 1.29 is 10.0 Å². The summed E-state index contributed by atoms with van der Waals surface area (Å²) in [5.41, 5.74) is 10.1. The molecular formula is C17H19ClN4O2. The van der Waals surface area contributed by atoms with Gasteiger partial charge in [0.25, 0.3) is 0 Å². The molecule has 1 aromatic carbocycles. The summed E-state index contributed by atoms with van der Waals surface area (Å²) in [6.07, 6.45) is 3.47. The monoisotopic (exact) mass is 346 g/mol. The molecule has 0 aliphatic rings. The van der Waals surface area contributed by atoms with Gasteiger partial charge in [0.2, 0.25) is 0 Å². The quantitative estimate of drug-likeness (QED) is 0.562. The highest BCUT2D eigenvalue weighted by Gasteiger charge is 2.19. The van der Waals surface area contributed by atoms with Gasteiger partial charge < -0.3 is 10.3 Å². The van der Waals surface area contributed by atoms with Crippen molar-refractivity contribution in [3.8, 4) is 11.3 Å². The van der Waals surface area contributed by atoms with E-state index in [2.05, 4.69) is 4.98 Å². The maximum Gasteiger partial charge on any atom is 0.340 e. The Morgan fingerprint density at radius 3 is 2.67 bits per heavy atom. The number of hydroxylamine groups is 2. The van der Waals surface area contributed by atoms with Crippen molar-refractivity contribution in [2.75, 3.05) is 0 Å². The van der Waals surface area contributed by atoms with Crippen LogP contribution in [0.3, 0.4) is 0 Å². The number of halogens is 1. The summed E-state index contributed by atoms with van der Waals surface area (Å²) in [6.45, 7) is 4.02. The predicted molar refractivity (Wildman–Crippen MR) is 95.1 cm³/mol. The van der Waals surface area contributed by atoms with Gasteiger partial charge in [0.15, 0.2) is 0 Å². The summed E-state index contributed by atoms with van der Waals surface area (Å²) in [4.78, 5) is 15.4. The molecular weight excluding hydrogens is 328 g/mol. The number of rotatable bonds is 3. The van der Waals surface area contributed by atoms with Crippen molar-refractivity contribution in [2.45, 2.75) is 20.5 Å². The first kappa shape index (κ1) is 17.8. The zero-order chi connectivity index (χ0) is 16.6. The Balaban J connectivity index is 0.00000208. The van der Waals surface area contributed by atoms with Crippen LogP contribution in [0.15, 0.2) is 42.7 Å². The van der Waals surface area contributed by atoms with Crippen LogP contribution in [0.1, 0.15) is 11.1 Å². The van der Waals surface area contributed by atoms with Crippen LogP contribution in [0.5, 0.6) is 0 Å². The van der Waals surface area contributed by atoms with Crippen molar-refractivity contribution in [1.82, 2.24) is 14.6 Å². The molecule has 0 saturated carbocycles. The van der Waals surface area contributed by atoms with Crippen molar-refractivity contribution in [1.29, 1.82) is 0 Å². The number of nitrogens with zero attached hydrogens (tertiary/aromatic N) is 3. The lowest BCUT2D eigenvalue weighted by Crippen LogP contribution is -2.34. The maximum absolute atomic E-state index is 11.2. The van der Waals surface area contributed by atoms with Crippen LogP contribution in [0, 0.1) is 13.8 Å². The van der Waals surface area contributed by atoms with E-state index in [0.29, 0.717) is 5.06 Å². The van der Waals surface area contributed by atoms with Crippen molar-refractivity contribution >= 4 is 29.3 Å². The number of urea groups is 1. The SMILES string of the molecule is Cc1cccc2c1c(C)c(-c1cccnc1)n2CN(O)C(N)=O.Cl. The van der Waals surface area contributed by atoms with Gasteiger partial charge in [-0.25, -0.2) is 4.79 Å². The molecule has 0 unspecified atom stereocenters. The van der Waals surface area contributed by atoms with Gasteiger partial charge in [0.1, 0.15) is 6.67 Å². The van der Waals surface area contributed by atoms with Crippen LogP contribution in [0.4, 0.5) is 4.79 Å². The number of primary amides is 1. The minimum Gasteiger partial charge on any atom is -0.350 e. The number of hydrogen-bond donors (Lipinski definition) is 2. The molecule has 0 fully saturated rings. The minimum atomic E-state index is -0.894. The number of hydrogen-bond acceptors (Lipinski definition) is 3. The second kappa shape index (κ2) is 6.90. The van der Waals surface area contributed by atoms with Gasteiger partial charge in [0.05, 0.1) is 11.2 Å². The first-order valence-electron chi connectivity index (χ1n) is 7.25. The number of carbonyl (C=O) groups is 1. The summed E-state index contributed by atoms with van der Waals surface area (Å²) in [5.74, 6) is 0. The molecule has 0 radical (unpaired) electrons. The second-order valence-corrected chi connectivity index (χ2v) is 5.49. The van der Waals surface area contributed by atoms with Crippen LogP contribution in [0.2, 0.25) is 0 Å². The summed E-state index contributed by atoms with van der Waals surface area (Å²) in [5, 5.41) is 11.4. The molecule has 6 nitrogen and oxygen atoms in total. The molecule has 0 saturated heterocycles. The highest BCUT2D eigenvalue weighted by Crippen LogP contribution is 2.34. The van der Waals surface area contributed by atoms with Crippen LogP contribution in [-0.4, -0.2) is 25.9 Å². The van der Waals surface area contributed by atoms with Crippen molar-refractivity contribution in [3.05, 3.63) is 53.9 Å². The predicted octanol–water partition coefficient (Wildman–Crippen LogP) is 3.47. The Bertz CT molecular complexity index is 877. The highest BCUT2D eigenvalue weighted by atomic mass is 35.5. The smallest absolute Gasteiger partial charge is 0.340 e. The molecule has 7 heteroatoms. The largest absolute Gasteiger partial charge is 0.350 e. The molecule has 0 aliphatic carbocycles. The van der Waals surface area contributed by atoms with Crippen LogP contribution in [-0.2, 0) is 6.67 Å². The van der Waals surface area contributed by atoms with E-state index in [0.717, 1.165) is 33.3 Å². The normalized spacial score (nSPS) is 10.5. The Morgan fingerprint density at radius 1 is 1.29 bits per heavy atom. The van der Waals surface area contributed by atoms with Crippen molar-refractivity contribution in [2.24, 2.45) is 5.73 Å². The number of pyridine rings is 1. The van der Waals surface area contributed by atoms with E-state index in [9.17, 15) is 10.0 Å². The van der Waals surface area contributed by atoms with Gasteiger partial charge in [-0.2, -0.15) is 5.06 Å². The lowest BCUT2D eigenvalue weighted by Gasteiger charge is -2.17. The van der Waals surface area contributed by atoms with E-state index in [4.69, 9.17) is 5.73 Å². The van der Waals surface area contributed by atoms with E-state index in [-0.39, 0.29) is 19.1 Å². The fourth-order valence-electron chi connectivity index (χ4n) is 3.03. The number of amides is 2. The number of fused-ring (bicyclic) bond motifs is 1. The molecule has 0 spiro atoms. The molecule has 2 aromatic heterocycles. The first-order valence-corrected chi connectivity index (χ1v) is 7.25. The molecule has 0 aliphatic heterocycles. The van der Waals surface area contributed by atoms with Gasteiger partial charge in [0, 0.05) is 23.3 Å². The summed E-state index contributed by atoms with van der Waals surface area (Å²) in [6, 6.07) is 8.86. The lowest BCUT2D eigenvalue weighted by atomic mass is 10.0. The maximum atomic E-state index is 11.2. The first-order chi connectivity index (χ1) is 11.0. The second-order valence-electron chi connectivity index (χ2n) is 5.49. The van der Waals surface area contributed by atoms with Crippen LogP contribution in [0.25, 0.3) is 22.2 Å². The molecule has 3 N–H and O–H groups in total. The van der Waals surface area contributed by atoms with Gasteiger partial charge in [-0.15, -0.1) is 12.4 Å². The molecule has 0 bridgehead atoms. The average molecular weight is 347 g/mol. The highest BCUT2D eigenvalue weighted by molar-refractivity contribution is 5.93. The van der Waals surface area contributed by atoms with Gasteiger partial charge in [-0.1, -0.05) is 12.1 Å². The Labute approximate surface area is 145 Å². The van der Waals surface area contributed by atoms with E-state index in [1.54, 1.807) is 12.4 Å². The number of carbonyl (C=O) groups excluding carboxylic acids is 1. The third-order valence-corrected chi connectivity index (χ3v) is 4.01. The summed E-state index contributed by atoms with van der Waals surface area (Å²) >= 11 is 0. The lowest BCUT2D eigenvalue weighted by molar-refractivity contribution is -0.0631. The van der Waals surface area contributed by atoms with Crippen LogP contribution < -0.4 is 5.73 Å². The number of aromatic nitrogens is 2. The summed E-state index contributed by atoms with van der Waals surface area (Å²) in [7, 11) is 0. The van der Waals surface area contributed by atoms with Crippen molar-refractivity contribution in [3.63, 3.8) is 0 Å². The molecule has 126 valence electrons. The van der Waals surface area contributed by atoms with Gasteiger partial charge in [-0.05, 0) is 43.2 Å². The Kier molecular flexibility index (Phi) is 5.11. The zero-order valence-electron chi connectivity index (χ0n) is 13.4. The molecule has 3 rings (SSSR count). The zero-order valence-corrected chi connectivity index (χ0v) is 14.2. The van der Waals surface area contributed by atoms with E-state index < -0.39 is 6.03 Å². The van der Waals surface area contributed by atoms with E-state index in [1.165, 1.54) is 0 Å². The third-order valence-electron chi connectivity index (χ3n) is 4.01. The molecule has 3 aromatic rings. The molecule has 2 heterocycles. The average Bonchev–Trinajstić information content (AvgIpc) is 2.81. The third kappa shape index (κ3) is 2.93. The fraction of sp³-hybridized carbons (Fsp3) is 0.176. The van der Waals surface area contributed by atoms with E-state index in [1.807, 2.05) is 48.7 Å². The molecule has 24 heavy (non-hydrogen) atoms. The summed E-state index contributed by atoms with van der Waals surface area (Å²) < 4.78 is 1.87. The fourth-order valence-corrected chi connectivity index (χ4v) is 3.03. The number of aryl methyl sites for hydroxylation is 2. The topological polar surface area (TPSA) is 84.4 Å².